The molecule has 0 unspecified atom stereocenters. The van der Waals surface area contributed by atoms with Gasteiger partial charge in [0.25, 0.3) is 0 Å². The fourth-order valence-electron chi connectivity index (χ4n) is 4.41. The lowest BCUT2D eigenvalue weighted by Gasteiger charge is -2.22. The summed E-state index contributed by atoms with van der Waals surface area (Å²) in [4.78, 5) is 16.8. The van der Waals surface area contributed by atoms with E-state index in [2.05, 4.69) is 45.7 Å². The van der Waals surface area contributed by atoms with Gasteiger partial charge in [-0.3, -0.25) is 0 Å². The standard InChI is InChI=1S/C19H17NO2.C11H16O/c1-19(2)9-8-13-10-16-15(11-14(13)19)20-17(18(21)22-16)12-6-4-3-5-7-12;1-4-11(2,3)9-5-7-10(12)8-6-9/h3-7,10-11H,8-9H2,1-2H3;5-8,12H,4H2,1-3H3. The highest BCUT2D eigenvalue weighted by atomic mass is 16.4. The van der Waals surface area contributed by atoms with Crippen molar-refractivity contribution in [1.82, 2.24) is 4.98 Å². The number of phenolic OH excluding ortho intramolecular Hbond substituents is 1. The monoisotopic (exact) mass is 455 g/mol. The number of hydrogen-bond donors (Lipinski definition) is 1. The summed E-state index contributed by atoms with van der Waals surface area (Å²) in [6.45, 7) is 11.1. The summed E-state index contributed by atoms with van der Waals surface area (Å²) in [5.74, 6) is 0.339. The summed E-state index contributed by atoms with van der Waals surface area (Å²) in [6.07, 6.45) is 3.26. The highest BCUT2D eigenvalue weighted by molar-refractivity contribution is 5.77. The Bertz CT molecular complexity index is 1350. The van der Waals surface area contributed by atoms with Crippen molar-refractivity contribution < 1.29 is 9.52 Å². The molecule has 176 valence electrons. The molecule has 0 amide bonds. The van der Waals surface area contributed by atoms with Crippen molar-refractivity contribution in [3.63, 3.8) is 0 Å². The molecule has 0 atom stereocenters. The Hall–Kier alpha value is -3.40. The third kappa shape index (κ3) is 4.77. The predicted molar refractivity (Wildman–Crippen MR) is 138 cm³/mol. The van der Waals surface area contributed by atoms with Crippen molar-refractivity contribution in [2.45, 2.75) is 64.7 Å². The highest BCUT2D eigenvalue weighted by Gasteiger charge is 2.30. The molecule has 1 heterocycles. The van der Waals surface area contributed by atoms with Crippen LogP contribution in [0.5, 0.6) is 5.75 Å². The molecule has 4 nitrogen and oxygen atoms in total. The molecule has 0 radical (unpaired) electrons. The molecule has 0 spiro atoms. The van der Waals surface area contributed by atoms with Gasteiger partial charge in [0, 0.05) is 5.56 Å². The minimum absolute atomic E-state index is 0.161. The van der Waals surface area contributed by atoms with Crippen LogP contribution >= 0.6 is 0 Å². The molecule has 4 aromatic rings. The lowest BCUT2D eigenvalue weighted by atomic mass is 9.82. The van der Waals surface area contributed by atoms with E-state index in [-0.39, 0.29) is 16.5 Å². The summed E-state index contributed by atoms with van der Waals surface area (Å²) >= 11 is 0. The first-order chi connectivity index (χ1) is 16.1. The van der Waals surface area contributed by atoms with Gasteiger partial charge in [-0.05, 0) is 71.0 Å². The van der Waals surface area contributed by atoms with E-state index in [1.54, 1.807) is 12.1 Å². The molecule has 0 aliphatic heterocycles. The van der Waals surface area contributed by atoms with Crippen molar-refractivity contribution in [3.8, 4) is 17.0 Å². The molecule has 3 aromatic carbocycles. The average Bonchev–Trinajstić information content (AvgIpc) is 3.12. The molecular weight excluding hydrogens is 422 g/mol. The SMILES string of the molecule is CC1(C)CCc2cc3oc(=O)c(-c4ccccc4)nc3cc21.CCC(C)(C)c1ccc(O)cc1. The van der Waals surface area contributed by atoms with Gasteiger partial charge in [-0.15, -0.1) is 0 Å². The van der Waals surface area contributed by atoms with Gasteiger partial charge in [-0.2, -0.15) is 0 Å². The Balaban J connectivity index is 0.000000195. The van der Waals surface area contributed by atoms with Crippen LogP contribution in [0.3, 0.4) is 0 Å². The number of hydrogen-bond acceptors (Lipinski definition) is 4. The predicted octanol–water partition coefficient (Wildman–Crippen LogP) is 7.16. The van der Waals surface area contributed by atoms with E-state index in [0.29, 0.717) is 17.0 Å². The van der Waals surface area contributed by atoms with Gasteiger partial charge in [0.05, 0.1) is 0 Å². The molecule has 1 N–H and O–H groups in total. The summed E-state index contributed by atoms with van der Waals surface area (Å²) in [7, 11) is 0. The Kier molecular flexibility index (Phi) is 6.35. The Morgan fingerprint density at radius 2 is 1.71 bits per heavy atom. The minimum atomic E-state index is -0.379. The number of aromatic hydroxyl groups is 1. The largest absolute Gasteiger partial charge is 0.508 e. The van der Waals surface area contributed by atoms with Crippen LogP contribution in [0.25, 0.3) is 22.4 Å². The fourth-order valence-corrected chi connectivity index (χ4v) is 4.41. The van der Waals surface area contributed by atoms with Crippen LogP contribution in [0.15, 0.2) is 75.9 Å². The third-order valence-electron chi connectivity index (χ3n) is 7.14. The Morgan fingerprint density at radius 1 is 1.03 bits per heavy atom. The second-order valence-electron chi connectivity index (χ2n) is 10.4. The molecule has 0 fully saturated rings. The van der Waals surface area contributed by atoms with Crippen molar-refractivity contribution >= 4 is 11.1 Å². The van der Waals surface area contributed by atoms with E-state index in [9.17, 15) is 4.79 Å². The zero-order valence-electron chi connectivity index (χ0n) is 20.7. The van der Waals surface area contributed by atoms with Crippen molar-refractivity contribution in [2.75, 3.05) is 0 Å². The molecule has 34 heavy (non-hydrogen) atoms. The number of benzene rings is 3. The van der Waals surface area contributed by atoms with Gasteiger partial charge >= 0.3 is 5.63 Å². The minimum Gasteiger partial charge on any atom is -0.508 e. The van der Waals surface area contributed by atoms with Crippen LogP contribution in [0, 0.1) is 0 Å². The molecule has 0 bridgehead atoms. The quantitative estimate of drug-likeness (QED) is 0.356. The first kappa shape index (κ1) is 23.7. The van der Waals surface area contributed by atoms with E-state index in [1.807, 2.05) is 48.5 Å². The van der Waals surface area contributed by atoms with Gasteiger partial charge in [-0.25, -0.2) is 9.78 Å². The first-order valence-electron chi connectivity index (χ1n) is 11.9. The van der Waals surface area contributed by atoms with Crippen LogP contribution in [-0.2, 0) is 17.3 Å². The molecule has 1 aliphatic rings. The maximum absolute atomic E-state index is 12.2. The van der Waals surface area contributed by atoms with E-state index >= 15 is 0 Å². The smallest absolute Gasteiger partial charge is 0.363 e. The number of aryl methyl sites for hydroxylation is 1. The van der Waals surface area contributed by atoms with Gasteiger partial charge in [0.2, 0.25) is 0 Å². The summed E-state index contributed by atoms with van der Waals surface area (Å²) in [5, 5.41) is 9.10. The Morgan fingerprint density at radius 3 is 2.35 bits per heavy atom. The van der Waals surface area contributed by atoms with Crippen molar-refractivity contribution in [3.05, 3.63) is 93.8 Å². The maximum Gasteiger partial charge on any atom is 0.363 e. The average molecular weight is 456 g/mol. The highest BCUT2D eigenvalue weighted by Crippen LogP contribution is 2.40. The van der Waals surface area contributed by atoms with Crippen LogP contribution in [0.1, 0.15) is 64.2 Å². The summed E-state index contributed by atoms with van der Waals surface area (Å²) < 4.78 is 5.52. The zero-order chi connectivity index (χ0) is 24.5. The van der Waals surface area contributed by atoms with Crippen LogP contribution in [0.2, 0.25) is 0 Å². The van der Waals surface area contributed by atoms with Crippen LogP contribution in [-0.4, -0.2) is 10.1 Å². The molecule has 4 heteroatoms. The Labute approximate surface area is 201 Å². The number of nitrogens with zero attached hydrogens (tertiary/aromatic N) is 1. The molecule has 1 aliphatic carbocycles. The second kappa shape index (κ2) is 9.09. The van der Waals surface area contributed by atoms with Crippen molar-refractivity contribution in [2.24, 2.45) is 0 Å². The van der Waals surface area contributed by atoms with E-state index in [1.165, 1.54) is 16.7 Å². The molecule has 0 saturated carbocycles. The molecule has 0 saturated heterocycles. The normalized spacial score (nSPS) is 14.4. The van der Waals surface area contributed by atoms with Gasteiger partial charge in [0.1, 0.15) is 11.3 Å². The first-order valence-corrected chi connectivity index (χ1v) is 11.9. The summed E-state index contributed by atoms with van der Waals surface area (Å²) in [5.41, 5.74) is 6.38. The number of rotatable bonds is 3. The topological polar surface area (TPSA) is 63.3 Å². The number of phenols is 1. The molecular formula is C30H33NO3. The van der Waals surface area contributed by atoms with Gasteiger partial charge < -0.3 is 9.52 Å². The second-order valence-corrected chi connectivity index (χ2v) is 10.4. The molecule has 1 aromatic heterocycles. The fraction of sp³-hybridized carbons (Fsp3) is 0.333. The van der Waals surface area contributed by atoms with Crippen molar-refractivity contribution in [1.29, 1.82) is 0 Å². The zero-order valence-corrected chi connectivity index (χ0v) is 20.7. The van der Waals surface area contributed by atoms with E-state index < -0.39 is 0 Å². The van der Waals surface area contributed by atoms with E-state index in [4.69, 9.17) is 9.52 Å². The number of fused-ring (bicyclic) bond motifs is 2. The maximum atomic E-state index is 12.2. The summed E-state index contributed by atoms with van der Waals surface area (Å²) in [6, 6.07) is 21.0. The number of aromatic nitrogens is 1. The van der Waals surface area contributed by atoms with E-state index in [0.717, 1.165) is 30.3 Å². The lowest BCUT2D eigenvalue weighted by Crippen LogP contribution is -2.14. The van der Waals surface area contributed by atoms with Gasteiger partial charge in [0.15, 0.2) is 11.3 Å². The lowest BCUT2D eigenvalue weighted by molar-refractivity contribution is 0.471. The third-order valence-corrected chi connectivity index (χ3v) is 7.14. The van der Waals surface area contributed by atoms with Crippen LogP contribution < -0.4 is 5.63 Å². The van der Waals surface area contributed by atoms with Crippen LogP contribution in [0.4, 0.5) is 0 Å². The molecule has 5 rings (SSSR count). The van der Waals surface area contributed by atoms with Gasteiger partial charge in [-0.1, -0.05) is 77.1 Å².